The fourth-order valence-corrected chi connectivity index (χ4v) is 3.42. The van der Waals surface area contributed by atoms with Crippen LogP contribution in [0.3, 0.4) is 0 Å². The van der Waals surface area contributed by atoms with E-state index in [-0.39, 0.29) is 41.2 Å². The van der Waals surface area contributed by atoms with E-state index in [1.807, 2.05) is 59.2 Å². The van der Waals surface area contributed by atoms with Gasteiger partial charge < -0.3 is 38.4 Å². The monoisotopic (exact) mass is 502 g/mol. The van der Waals surface area contributed by atoms with E-state index in [9.17, 15) is 4.79 Å². The Labute approximate surface area is 238 Å². The Morgan fingerprint density at radius 1 is 1.05 bits per heavy atom. The van der Waals surface area contributed by atoms with Crippen LogP contribution in [0, 0.1) is 20.2 Å². The number of imidazole rings is 1. The van der Waals surface area contributed by atoms with Crippen molar-refractivity contribution in [3.63, 3.8) is 0 Å². The third-order valence-electron chi connectivity index (χ3n) is 5.38. The minimum Gasteiger partial charge on any atom is -0.497 e. The number of fused-ring (bicyclic) bond motifs is 1. The van der Waals surface area contributed by atoms with Gasteiger partial charge in [0.25, 0.3) is 5.56 Å². The number of benzene rings is 1. The first-order valence-electron chi connectivity index (χ1n) is 11.4. The molecule has 0 spiro atoms. The van der Waals surface area contributed by atoms with E-state index in [2.05, 4.69) is 40.4 Å². The standard InChI is InChI=1S/C14H12N3O.C14H15N3O.Na/c1-18-12-6-4-11(5-7-12)9-17-10-16-14-13(17)3-2-8-15-14;1-3-11(2)16-13-8-7-12(10-15-13)17-9-5-4-6-14(17)18;/h2-8H,9H2,1H3;4-11H,1-3H2,(H,15,16);/q-1;-2;+1. The van der Waals surface area contributed by atoms with E-state index >= 15 is 0 Å². The molecule has 37 heavy (non-hydrogen) atoms. The summed E-state index contributed by atoms with van der Waals surface area (Å²) in [6.45, 7) is 8.37. The minimum atomic E-state index is -0.0761. The SMILES string of the molecule is COc1ccc(Cn2[c-]nc3ncccc32)cc1.[CH2-]CC([CH2-])Nc1ccc(-n2ccccc2=O)cn1.[Na+]. The third kappa shape index (κ3) is 7.52. The molecule has 1 aromatic carbocycles. The largest absolute Gasteiger partial charge is 1.00 e. The Morgan fingerprint density at radius 2 is 1.86 bits per heavy atom. The van der Waals surface area contributed by atoms with Gasteiger partial charge in [0.15, 0.2) is 0 Å². The summed E-state index contributed by atoms with van der Waals surface area (Å²) < 4.78 is 8.64. The van der Waals surface area contributed by atoms with Gasteiger partial charge in [-0.25, -0.2) is 4.98 Å². The second-order valence-corrected chi connectivity index (χ2v) is 7.93. The smallest absolute Gasteiger partial charge is 0.497 e. The van der Waals surface area contributed by atoms with Crippen LogP contribution >= 0.6 is 0 Å². The molecule has 5 aromatic rings. The molecule has 4 aromatic heterocycles. The molecular formula is C28H27N6NaO2-2. The van der Waals surface area contributed by atoms with E-state index in [0.29, 0.717) is 6.42 Å². The van der Waals surface area contributed by atoms with Gasteiger partial charge in [0.1, 0.15) is 11.6 Å². The Hall–Kier alpha value is -3.46. The fourth-order valence-electron chi connectivity index (χ4n) is 3.42. The van der Waals surface area contributed by atoms with Crippen molar-refractivity contribution in [2.75, 3.05) is 12.4 Å². The average molecular weight is 503 g/mol. The first kappa shape index (κ1) is 28.1. The zero-order chi connectivity index (χ0) is 25.3. The summed E-state index contributed by atoms with van der Waals surface area (Å²) >= 11 is 0. The molecule has 0 saturated carbocycles. The number of hydrogen-bond acceptors (Lipinski definition) is 6. The van der Waals surface area contributed by atoms with Crippen LogP contribution in [0.2, 0.25) is 0 Å². The zero-order valence-electron chi connectivity index (χ0n) is 21.0. The molecule has 1 unspecified atom stereocenters. The second kappa shape index (κ2) is 13.7. The van der Waals surface area contributed by atoms with Crippen LogP contribution in [0.4, 0.5) is 5.82 Å². The molecule has 5 rings (SSSR count). The zero-order valence-corrected chi connectivity index (χ0v) is 23.0. The quantitative estimate of drug-likeness (QED) is 0.267. The predicted molar refractivity (Wildman–Crippen MR) is 141 cm³/mol. The molecule has 0 fully saturated rings. The molecule has 0 aliphatic rings. The van der Waals surface area contributed by atoms with Gasteiger partial charge in [-0.05, 0) is 35.9 Å². The number of methoxy groups -OCH3 is 1. The number of rotatable bonds is 7. The number of ether oxygens (including phenoxy) is 1. The van der Waals surface area contributed by atoms with Crippen LogP contribution in [0.15, 0.2) is 90.1 Å². The van der Waals surface area contributed by atoms with Crippen molar-refractivity contribution in [2.24, 2.45) is 0 Å². The molecule has 9 heteroatoms. The number of aromatic nitrogens is 5. The van der Waals surface area contributed by atoms with E-state index < -0.39 is 0 Å². The summed E-state index contributed by atoms with van der Waals surface area (Å²) in [5.41, 5.74) is 3.56. The van der Waals surface area contributed by atoms with Crippen molar-refractivity contribution in [1.82, 2.24) is 24.1 Å². The first-order chi connectivity index (χ1) is 17.6. The van der Waals surface area contributed by atoms with E-state index in [1.165, 1.54) is 11.6 Å². The molecule has 184 valence electrons. The van der Waals surface area contributed by atoms with Crippen molar-refractivity contribution in [3.8, 4) is 11.4 Å². The topological polar surface area (TPSA) is 86.9 Å². The molecule has 0 aliphatic carbocycles. The van der Waals surface area contributed by atoms with Gasteiger partial charge in [-0.1, -0.05) is 29.8 Å². The molecule has 0 bridgehead atoms. The number of pyridine rings is 3. The van der Waals surface area contributed by atoms with Crippen molar-refractivity contribution in [3.05, 3.63) is 121 Å². The summed E-state index contributed by atoms with van der Waals surface area (Å²) in [6.07, 6.45) is 8.75. The Kier molecular flexibility index (Phi) is 10.4. The molecule has 0 amide bonds. The number of anilines is 1. The van der Waals surface area contributed by atoms with Crippen LogP contribution in [0.5, 0.6) is 5.75 Å². The van der Waals surface area contributed by atoms with E-state index in [4.69, 9.17) is 4.74 Å². The Morgan fingerprint density at radius 3 is 2.54 bits per heavy atom. The van der Waals surface area contributed by atoms with Crippen molar-refractivity contribution in [1.29, 1.82) is 0 Å². The molecule has 4 heterocycles. The number of nitrogens with one attached hydrogen (secondary N) is 1. The van der Waals surface area contributed by atoms with Gasteiger partial charge in [-0.15, -0.1) is 12.1 Å². The molecule has 1 atom stereocenters. The first-order valence-corrected chi connectivity index (χ1v) is 11.4. The van der Waals surface area contributed by atoms with E-state index in [1.54, 1.807) is 36.3 Å². The maximum Gasteiger partial charge on any atom is 1.00 e. The maximum atomic E-state index is 11.6. The van der Waals surface area contributed by atoms with Crippen LogP contribution in [0.1, 0.15) is 12.0 Å². The van der Waals surface area contributed by atoms with Crippen molar-refractivity contribution >= 4 is 17.0 Å². The van der Waals surface area contributed by atoms with Gasteiger partial charge in [0.2, 0.25) is 0 Å². The molecule has 0 radical (unpaired) electrons. The van der Waals surface area contributed by atoms with Gasteiger partial charge in [0.05, 0.1) is 19.0 Å². The Balaban J connectivity index is 0.000000200. The minimum absolute atomic E-state index is 0. The maximum absolute atomic E-state index is 11.6. The van der Waals surface area contributed by atoms with Crippen molar-refractivity contribution in [2.45, 2.75) is 19.0 Å². The summed E-state index contributed by atoms with van der Waals surface area (Å²) in [7, 11) is 1.66. The summed E-state index contributed by atoms with van der Waals surface area (Å²) in [4.78, 5) is 24.2. The normalized spacial score (nSPS) is 11.1. The number of hydrogen-bond donors (Lipinski definition) is 1. The molecular weight excluding hydrogens is 475 g/mol. The number of nitrogens with zero attached hydrogens (tertiary/aromatic N) is 5. The summed E-state index contributed by atoms with van der Waals surface area (Å²) in [5, 5.41) is 3.11. The molecule has 1 N–H and O–H groups in total. The fraction of sp³-hybridized carbons (Fsp3) is 0.143. The van der Waals surface area contributed by atoms with Crippen LogP contribution in [-0.4, -0.2) is 37.2 Å². The third-order valence-corrected chi connectivity index (χ3v) is 5.38. The van der Waals surface area contributed by atoms with Crippen LogP contribution < -0.4 is 45.2 Å². The molecule has 8 nitrogen and oxygen atoms in total. The predicted octanol–water partition coefficient (Wildman–Crippen LogP) is 1.36. The molecule has 0 aliphatic heterocycles. The average Bonchev–Trinajstić information content (AvgIpc) is 3.33. The van der Waals surface area contributed by atoms with Gasteiger partial charge in [-0.2, -0.15) is 6.42 Å². The summed E-state index contributed by atoms with van der Waals surface area (Å²) in [5.74, 6) is 1.59. The summed E-state index contributed by atoms with van der Waals surface area (Å²) in [6, 6.07) is 20.6. The van der Waals surface area contributed by atoms with Gasteiger partial charge >= 0.3 is 29.6 Å². The van der Waals surface area contributed by atoms with Gasteiger partial charge in [0, 0.05) is 37.0 Å². The van der Waals surface area contributed by atoms with Gasteiger partial charge in [-0.3, -0.25) is 9.36 Å². The van der Waals surface area contributed by atoms with Crippen LogP contribution in [0.25, 0.3) is 16.9 Å². The molecule has 0 saturated heterocycles. The Bertz CT molecular complexity index is 1450. The van der Waals surface area contributed by atoms with E-state index in [0.717, 1.165) is 35.0 Å². The van der Waals surface area contributed by atoms with Crippen LogP contribution in [-0.2, 0) is 6.54 Å². The second-order valence-electron chi connectivity index (χ2n) is 7.93. The van der Waals surface area contributed by atoms with Crippen molar-refractivity contribution < 1.29 is 34.3 Å².